The number of carbonyl (C=O) groups is 1. The molecule has 0 bridgehead atoms. The number of carbonyl (C=O) groups excluding carboxylic acids is 1. The Morgan fingerprint density at radius 3 is 2.43 bits per heavy atom. The van der Waals surface area contributed by atoms with E-state index in [4.69, 9.17) is 10.5 Å². The van der Waals surface area contributed by atoms with Gasteiger partial charge in [-0.1, -0.05) is 49.4 Å². The second-order valence-corrected chi connectivity index (χ2v) is 7.38. The van der Waals surface area contributed by atoms with Crippen molar-refractivity contribution in [1.82, 2.24) is 0 Å². The van der Waals surface area contributed by atoms with Gasteiger partial charge in [0.25, 0.3) is 0 Å². The van der Waals surface area contributed by atoms with Gasteiger partial charge in [0, 0.05) is 17.0 Å². The SMILES string of the molecule is CCOC(=O)c1sc(CC)c(C#N)c1-c1ccc(-c2cccc(CN)c2)cc1. The van der Waals surface area contributed by atoms with Gasteiger partial charge in [0.15, 0.2) is 0 Å². The van der Waals surface area contributed by atoms with Crippen LogP contribution in [0.3, 0.4) is 0 Å². The van der Waals surface area contributed by atoms with Gasteiger partial charge < -0.3 is 10.5 Å². The summed E-state index contributed by atoms with van der Waals surface area (Å²) < 4.78 is 5.22. The molecule has 3 rings (SSSR count). The smallest absolute Gasteiger partial charge is 0.348 e. The molecule has 0 unspecified atom stereocenters. The van der Waals surface area contributed by atoms with Crippen molar-refractivity contribution in [2.75, 3.05) is 6.61 Å². The highest BCUT2D eigenvalue weighted by molar-refractivity contribution is 7.14. The minimum Gasteiger partial charge on any atom is -0.462 e. The molecule has 0 fully saturated rings. The van der Waals surface area contributed by atoms with Crippen LogP contribution in [0.15, 0.2) is 48.5 Å². The van der Waals surface area contributed by atoms with E-state index in [1.54, 1.807) is 6.92 Å². The summed E-state index contributed by atoms with van der Waals surface area (Å²) in [4.78, 5) is 13.9. The van der Waals surface area contributed by atoms with Crippen LogP contribution in [0.4, 0.5) is 0 Å². The van der Waals surface area contributed by atoms with Crippen molar-refractivity contribution in [2.45, 2.75) is 26.8 Å². The summed E-state index contributed by atoms with van der Waals surface area (Å²) in [6.07, 6.45) is 0.698. The number of thiophene rings is 1. The molecule has 0 saturated heterocycles. The molecule has 0 aliphatic rings. The van der Waals surface area contributed by atoms with Gasteiger partial charge in [-0.2, -0.15) is 5.26 Å². The lowest BCUT2D eigenvalue weighted by atomic mass is 9.96. The molecule has 0 aliphatic heterocycles. The van der Waals surface area contributed by atoms with Crippen LogP contribution in [0.25, 0.3) is 22.3 Å². The van der Waals surface area contributed by atoms with Crippen LogP contribution in [0, 0.1) is 11.3 Å². The molecule has 0 atom stereocenters. The summed E-state index contributed by atoms with van der Waals surface area (Å²) >= 11 is 1.35. The third kappa shape index (κ3) is 3.84. The molecular weight excluding hydrogens is 368 g/mol. The standard InChI is InChI=1S/C23H22N2O2S/c1-3-20-19(14-25)21(22(28-20)23(26)27-4-2)17-10-8-16(9-11-17)18-7-5-6-15(12-18)13-24/h5-12H,3-4,13,24H2,1-2H3. The Balaban J connectivity index is 2.07. The zero-order chi connectivity index (χ0) is 20.1. The largest absolute Gasteiger partial charge is 0.462 e. The fraction of sp³-hybridized carbons (Fsp3) is 0.217. The van der Waals surface area contributed by atoms with Crippen molar-refractivity contribution < 1.29 is 9.53 Å². The highest BCUT2D eigenvalue weighted by Gasteiger charge is 2.24. The molecule has 5 heteroatoms. The summed E-state index contributed by atoms with van der Waals surface area (Å²) in [5.74, 6) is -0.376. The summed E-state index contributed by atoms with van der Waals surface area (Å²) in [6.45, 7) is 4.56. The van der Waals surface area contributed by atoms with E-state index in [2.05, 4.69) is 12.1 Å². The molecule has 4 nitrogen and oxygen atoms in total. The van der Waals surface area contributed by atoms with Gasteiger partial charge in [-0.15, -0.1) is 11.3 Å². The summed E-state index contributed by atoms with van der Waals surface area (Å²) in [5.41, 5.74) is 11.0. The normalized spacial score (nSPS) is 10.5. The van der Waals surface area contributed by atoms with E-state index in [0.29, 0.717) is 35.6 Å². The first kappa shape index (κ1) is 19.8. The number of esters is 1. The Labute approximate surface area is 169 Å². The van der Waals surface area contributed by atoms with Gasteiger partial charge in [0.2, 0.25) is 0 Å². The summed E-state index contributed by atoms with van der Waals surface area (Å²) in [7, 11) is 0. The third-order valence-corrected chi connectivity index (χ3v) is 5.86. The van der Waals surface area contributed by atoms with E-state index in [-0.39, 0.29) is 5.97 Å². The maximum atomic E-state index is 12.5. The minimum absolute atomic E-state index is 0.302. The Morgan fingerprint density at radius 1 is 1.11 bits per heavy atom. The van der Waals surface area contributed by atoms with Crippen LogP contribution >= 0.6 is 11.3 Å². The number of hydrogen-bond donors (Lipinski definition) is 1. The van der Waals surface area contributed by atoms with Crippen LogP contribution in [-0.4, -0.2) is 12.6 Å². The fourth-order valence-corrected chi connectivity index (χ4v) is 4.27. The zero-order valence-corrected chi connectivity index (χ0v) is 16.8. The molecule has 2 aromatic carbocycles. The first-order valence-electron chi connectivity index (χ1n) is 9.25. The summed E-state index contributed by atoms with van der Waals surface area (Å²) in [6, 6.07) is 18.3. The predicted molar refractivity (Wildman–Crippen MR) is 113 cm³/mol. The highest BCUT2D eigenvalue weighted by atomic mass is 32.1. The third-order valence-electron chi connectivity index (χ3n) is 4.54. The van der Waals surface area contributed by atoms with Crippen molar-refractivity contribution in [3.05, 3.63) is 69.4 Å². The van der Waals surface area contributed by atoms with E-state index < -0.39 is 0 Å². The van der Waals surface area contributed by atoms with E-state index in [1.807, 2.05) is 49.4 Å². The maximum Gasteiger partial charge on any atom is 0.348 e. The zero-order valence-electron chi connectivity index (χ0n) is 16.0. The van der Waals surface area contributed by atoms with Gasteiger partial charge in [0.05, 0.1) is 12.2 Å². The van der Waals surface area contributed by atoms with Crippen molar-refractivity contribution >= 4 is 17.3 Å². The number of nitrogens with zero attached hydrogens (tertiary/aromatic N) is 1. The first-order chi connectivity index (χ1) is 13.6. The molecule has 0 saturated carbocycles. The van der Waals surface area contributed by atoms with Crippen LogP contribution in [0.1, 0.15) is 39.5 Å². The van der Waals surface area contributed by atoms with Crippen molar-refractivity contribution in [2.24, 2.45) is 5.73 Å². The van der Waals surface area contributed by atoms with Gasteiger partial charge >= 0.3 is 5.97 Å². The topological polar surface area (TPSA) is 76.1 Å². The maximum absolute atomic E-state index is 12.5. The minimum atomic E-state index is -0.376. The molecule has 3 aromatic rings. The Morgan fingerprint density at radius 2 is 1.82 bits per heavy atom. The van der Waals surface area contributed by atoms with Gasteiger partial charge in [0.1, 0.15) is 10.9 Å². The first-order valence-corrected chi connectivity index (χ1v) is 10.1. The number of nitriles is 1. The quantitative estimate of drug-likeness (QED) is 0.591. The molecule has 0 spiro atoms. The number of nitrogens with two attached hydrogens (primary N) is 1. The lowest BCUT2D eigenvalue weighted by Gasteiger charge is -2.08. The molecule has 0 aliphatic carbocycles. The molecule has 1 heterocycles. The van der Waals surface area contributed by atoms with Crippen LogP contribution in [0.5, 0.6) is 0 Å². The molecule has 0 radical (unpaired) electrons. The number of hydrogen-bond acceptors (Lipinski definition) is 5. The predicted octanol–water partition coefficient (Wildman–Crippen LogP) is 5.15. The fourth-order valence-electron chi connectivity index (χ4n) is 3.17. The Kier molecular flexibility index (Phi) is 6.25. The number of aryl methyl sites for hydroxylation is 1. The van der Waals surface area contributed by atoms with Gasteiger partial charge in [-0.05, 0) is 41.7 Å². The average Bonchev–Trinajstić information content (AvgIpc) is 3.13. The van der Waals surface area contributed by atoms with Crippen LogP contribution in [-0.2, 0) is 17.7 Å². The molecule has 1 aromatic heterocycles. The van der Waals surface area contributed by atoms with Gasteiger partial charge in [-0.3, -0.25) is 0 Å². The molecule has 142 valence electrons. The summed E-state index contributed by atoms with van der Waals surface area (Å²) in [5, 5.41) is 9.70. The Hall–Kier alpha value is -2.94. The van der Waals surface area contributed by atoms with Crippen LogP contribution in [0.2, 0.25) is 0 Å². The van der Waals surface area contributed by atoms with E-state index in [9.17, 15) is 10.1 Å². The molecule has 28 heavy (non-hydrogen) atoms. The van der Waals surface area contributed by atoms with E-state index in [1.165, 1.54) is 11.3 Å². The monoisotopic (exact) mass is 390 g/mol. The second kappa shape index (κ2) is 8.83. The van der Waals surface area contributed by atoms with Crippen LogP contribution < -0.4 is 5.73 Å². The number of ether oxygens (including phenoxy) is 1. The number of rotatable bonds is 6. The van der Waals surface area contributed by atoms with Crippen molar-refractivity contribution in [3.8, 4) is 28.3 Å². The highest BCUT2D eigenvalue weighted by Crippen LogP contribution is 2.38. The van der Waals surface area contributed by atoms with E-state index >= 15 is 0 Å². The molecule has 2 N–H and O–H groups in total. The molecule has 0 amide bonds. The lowest BCUT2D eigenvalue weighted by Crippen LogP contribution is -2.04. The number of benzene rings is 2. The average molecular weight is 391 g/mol. The van der Waals surface area contributed by atoms with E-state index in [0.717, 1.165) is 27.1 Å². The van der Waals surface area contributed by atoms with Crippen molar-refractivity contribution in [3.63, 3.8) is 0 Å². The van der Waals surface area contributed by atoms with Crippen molar-refractivity contribution in [1.29, 1.82) is 5.26 Å². The molecular formula is C23H22N2O2S. The lowest BCUT2D eigenvalue weighted by molar-refractivity contribution is 0.0533. The second-order valence-electron chi connectivity index (χ2n) is 6.27. The Bertz CT molecular complexity index is 1030. The van der Waals surface area contributed by atoms with Gasteiger partial charge in [-0.25, -0.2) is 4.79 Å².